The first-order chi connectivity index (χ1) is 17.3. The Morgan fingerprint density at radius 3 is 1.83 bits per heavy atom. The first kappa shape index (κ1) is 22.7. The number of carbonyl (C=O) groups excluding carboxylic acids is 3. The summed E-state index contributed by atoms with van der Waals surface area (Å²) in [4.78, 5) is 44.2. The average Bonchev–Trinajstić information content (AvgIpc) is 3.36. The molecule has 0 radical (unpaired) electrons. The maximum atomic E-state index is 14.5. The van der Waals surface area contributed by atoms with Crippen LogP contribution in [0.4, 0.5) is 5.69 Å². The Kier molecular flexibility index (Phi) is 4.79. The molecule has 0 aromatic heterocycles. The van der Waals surface area contributed by atoms with Gasteiger partial charge in [0.05, 0.1) is 28.4 Å². The van der Waals surface area contributed by atoms with Crippen LogP contribution in [0.1, 0.15) is 42.5 Å². The van der Waals surface area contributed by atoms with Gasteiger partial charge in [0, 0.05) is 0 Å². The van der Waals surface area contributed by atoms with E-state index in [1.165, 1.54) is 4.90 Å². The summed E-state index contributed by atoms with van der Waals surface area (Å²) in [6, 6.07) is 25.5. The third kappa shape index (κ3) is 2.57. The summed E-state index contributed by atoms with van der Waals surface area (Å²) in [5.74, 6) is -1.95. The molecule has 2 aliphatic carbocycles. The number of anilines is 1. The molecule has 4 nitrogen and oxygen atoms in total. The van der Waals surface area contributed by atoms with E-state index in [1.54, 1.807) is 0 Å². The van der Waals surface area contributed by atoms with Gasteiger partial charge in [-0.15, -0.1) is 0 Å². The molecule has 4 heteroatoms. The Hall–Kier alpha value is -3.79. The van der Waals surface area contributed by atoms with Crippen LogP contribution in [0.2, 0.25) is 0 Å². The van der Waals surface area contributed by atoms with Gasteiger partial charge in [0.25, 0.3) is 0 Å². The van der Waals surface area contributed by atoms with E-state index < -0.39 is 22.7 Å². The van der Waals surface area contributed by atoms with Crippen LogP contribution in [0, 0.1) is 36.5 Å². The number of benzene rings is 3. The third-order valence-electron chi connectivity index (χ3n) is 8.98. The summed E-state index contributed by atoms with van der Waals surface area (Å²) in [6.07, 6.45) is 0.461. The predicted molar refractivity (Wildman–Crippen MR) is 141 cm³/mol. The number of nitrogens with zero attached hydrogens (tertiary/aromatic N) is 1. The van der Waals surface area contributed by atoms with E-state index in [0.29, 0.717) is 12.1 Å². The monoisotopic (exact) mass is 475 g/mol. The second kappa shape index (κ2) is 7.60. The highest BCUT2D eigenvalue weighted by Crippen LogP contribution is 2.74. The van der Waals surface area contributed by atoms with E-state index in [-0.39, 0.29) is 17.6 Å². The highest BCUT2D eigenvalue weighted by atomic mass is 16.2. The molecule has 1 saturated heterocycles. The lowest BCUT2D eigenvalue weighted by atomic mass is 9.62. The largest absolute Gasteiger partial charge is 0.298 e. The first-order valence-corrected chi connectivity index (χ1v) is 12.6. The number of hydrogen-bond acceptors (Lipinski definition) is 3. The van der Waals surface area contributed by atoms with Crippen LogP contribution in [-0.4, -0.2) is 17.6 Å². The van der Waals surface area contributed by atoms with E-state index in [0.717, 1.165) is 33.4 Å². The van der Waals surface area contributed by atoms with Gasteiger partial charge in [0.2, 0.25) is 11.8 Å². The number of amides is 2. The highest BCUT2D eigenvalue weighted by molar-refractivity contribution is 6.34. The van der Waals surface area contributed by atoms with Gasteiger partial charge in [-0.3, -0.25) is 14.4 Å². The van der Waals surface area contributed by atoms with Gasteiger partial charge in [0.15, 0.2) is 5.78 Å². The highest BCUT2D eigenvalue weighted by Gasteiger charge is 2.79. The fourth-order valence-corrected chi connectivity index (χ4v) is 7.25. The fourth-order valence-electron chi connectivity index (χ4n) is 7.25. The van der Waals surface area contributed by atoms with Crippen molar-refractivity contribution in [3.63, 3.8) is 0 Å². The van der Waals surface area contributed by atoms with Crippen LogP contribution < -0.4 is 4.90 Å². The van der Waals surface area contributed by atoms with E-state index in [4.69, 9.17) is 0 Å². The van der Waals surface area contributed by atoms with E-state index in [1.807, 2.05) is 107 Å². The normalized spacial score (nSPS) is 28.9. The van der Waals surface area contributed by atoms with Gasteiger partial charge in [-0.05, 0) is 72.7 Å². The number of hydrogen-bond donors (Lipinski definition) is 0. The number of allylic oxidation sites excluding steroid dienone is 2. The Balaban J connectivity index is 1.64. The van der Waals surface area contributed by atoms with Gasteiger partial charge in [-0.1, -0.05) is 73.7 Å². The second-order valence-corrected chi connectivity index (χ2v) is 10.6. The topological polar surface area (TPSA) is 54.5 Å². The molecule has 2 fully saturated rings. The molecular formula is C32H29NO3. The van der Waals surface area contributed by atoms with Crippen LogP contribution in [0.15, 0.2) is 78.9 Å². The summed E-state index contributed by atoms with van der Waals surface area (Å²) in [6.45, 7) is 7.87. The quantitative estimate of drug-likeness (QED) is 0.434. The Bertz CT molecular complexity index is 1470. The summed E-state index contributed by atoms with van der Waals surface area (Å²) in [5.41, 5.74) is 4.26. The number of imide groups is 1. The van der Waals surface area contributed by atoms with Crippen molar-refractivity contribution in [1.82, 2.24) is 0 Å². The molecule has 2 bridgehead atoms. The molecule has 0 spiro atoms. The smallest absolute Gasteiger partial charge is 0.239 e. The molecule has 1 aliphatic heterocycles. The summed E-state index contributed by atoms with van der Waals surface area (Å²) in [5, 5.41) is 0. The molecule has 1 heterocycles. The number of aryl methyl sites for hydroxylation is 2. The van der Waals surface area contributed by atoms with Crippen molar-refractivity contribution in [2.75, 3.05) is 4.90 Å². The van der Waals surface area contributed by atoms with Crippen molar-refractivity contribution in [3.05, 3.63) is 101 Å². The minimum absolute atomic E-state index is 0.00615. The standard InChI is InChI=1S/C32H29NO3/c1-5-32-25(22-14-10-7-11-15-22)24(21-12-8-6-9-13-21)31(4,30(32)36)26-27(32)29(35)33(28(26)34)23-17-16-19(2)20(3)18-23/h6-18,26-27H,5H2,1-4H3/t26-,27+,31-,32+/m0/s1. The number of ketones is 1. The maximum absolute atomic E-state index is 14.5. The minimum Gasteiger partial charge on any atom is -0.298 e. The molecule has 6 rings (SSSR count). The van der Waals surface area contributed by atoms with Crippen LogP contribution in [-0.2, 0) is 14.4 Å². The number of Topliss-reactive ketones (excluding diaryl/α,β-unsaturated/α-hetero) is 1. The lowest BCUT2D eigenvalue weighted by molar-refractivity contribution is -0.134. The van der Waals surface area contributed by atoms with Crippen LogP contribution in [0.5, 0.6) is 0 Å². The predicted octanol–water partition coefficient (Wildman–Crippen LogP) is 6.02. The molecule has 180 valence electrons. The number of rotatable bonds is 4. The zero-order valence-corrected chi connectivity index (χ0v) is 21.0. The number of carbonyl (C=O) groups is 3. The molecule has 3 aliphatic rings. The number of fused-ring (bicyclic) bond motifs is 5. The van der Waals surface area contributed by atoms with Crippen molar-refractivity contribution in [1.29, 1.82) is 0 Å². The molecule has 3 aromatic rings. The molecule has 36 heavy (non-hydrogen) atoms. The Morgan fingerprint density at radius 2 is 1.28 bits per heavy atom. The third-order valence-corrected chi connectivity index (χ3v) is 8.98. The van der Waals surface area contributed by atoms with Crippen LogP contribution >= 0.6 is 0 Å². The zero-order chi connectivity index (χ0) is 25.4. The Labute approximate surface area is 211 Å². The van der Waals surface area contributed by atoms with Gasteiger partial charge >= 0.3 is 0 Å². The van der Waals surface area contributed by atoms with Crippen molar-refractivity contribution >= 4 is 34.4 Å². The average molecular weight is 476 g/mol. The van der Waals surface area contributed by atoms with Gasteiger partial charge in [-0.25, -0.2) is 4.90 Å². The van der Waals surface area contributed by atoms with E-state index >= 15 is 0 Å². The minimum atomic E-state index is -1.09. The van der Waals surface area contributed by atoms with Crippen molar-refractivity contribution in [3.8, 4) is 0 Å². The van der Waals surface area contributed by atoms with E-state index in [2.05, 4.69) is 0 Å². The molecular weight excluding hydrogens is 446 g/mol. The first-order valence-electron chi connectivity index (χ1n) is 12.6. The summed E-state index contributed by atoms with van der Waals surface area (Å²) >= 11 is 0. The molecule has 0 unspecified atom stereocenters. The zero-order valence-electron chi connectivity index (χ0n) is 21.0. The second-order valence-electron chi connectivity index (χ2n) is 10.6. The SMILES string of the molecule is CC[C@@]12C(=O)[C@@](C)(C(c3ccccc3)=C1c1ccccc1)[C@@H]1C(=O)N(c3ccc(C)c(C)c3)C(=O)[C@@H]12. The van der Waals surface area contributed by atoms with E-state index in [9.17, 15) is 14.4 Å². The van der Waals surface area contributed by atoms with Crippen LogP contribution in [0.25, 0.3) is 11.1 Å². The van der Waals surface area contributed by atoms with Crippen molar-refractivity contribution in [2.24, 2.45) is 22.7 Å². The molecule has 4 atom stereocenters. The van der Waals surface area contributed by atoms with Gasteiger partial charge < -0.3 is 0 Å². The van der Waals surface area contributed by atoms with Crippen molar-refractivity contribution < 1.29 is 14.4 Å². The molecule has 2 amide bonds. The molecule has 1 saturated carbocycles. The lowest BCUT2D eigenvalue weighted by Gasteiger charge is -2.37. The molecule has 0 N–H and O–H groups in total. The Morgan fingerprint density at radius 1 is 0.722 bits per heavy atom. The van der Waals surface area contributed by atoms with Crippen molar-refractivity contribution in [2.45, 2.75) is 34.1 Å². The van der Waals surface area contributed by atoms with Gasteiger partial charge in [-0.2, -0.15) is 0 Å². The van der Waals surface area contributed by atoms with Crippen LogP contribution in [0.3, 0.4) is 0 Å². The summed E-state index contributed by atoms with van der Waals surface area (Å²) < 4.78 is 0. The molecule has 3 aromatic carbocycles. The lowest BCUT2D eigenvalue weighted by Crippen LogP contribution is -2.41. The maximum Gasteiger partial charge on any atom is 0.239 e. The summed E-state index contributed by atoms with van der Waals surface area (Å²) in [7, 11) is 0. The van der Waals surface area contributed by atoms with Gasteiger partial charge in [0.1, 0.15) is 0 Å². The fraction of sp³-hybridized carbons (Fsp3) is 0.281.